The fourth-order valence-electron chi connectivity index (χ4n) is 1.57. The summed E-state index contributed by atoms with van der Waals surface area (Å²) in [5.41, 5.74) is -0.843. The fraction of sp³-hybridized carbons (Fsp3) is 0.500. The van der Waals surface area contributed by atoms with Crippen molar-refractivity contribution in [2.75, 3.05) is 26.0 Å². The monoisotopic (exact) mass is 300 g/mol. The number of carbonyl (C=O) groups excluding carboxylic acids is 1. The first-order chi connectivity index (χ1) is 9.24. The highest BCUT2D eigenvalue weighted by molar-refractivity contribution is 7.89. The second-order valence-corrected chi connectivity index (χ2v) is 6.62. The van der Waals surface area contributed by atoms with Crippen LogP contribution in [0.5, 0.6) is 0 Å². The maximum atomic E-state index is 12.2. The Labute approximate surface area is 119 Å². The molecule has 1 aromatic heterocycles. The second-order valence-electron chi connectivity index (χ2n) is 4.89. The Hall–Kier alpha value is -1.67. The zero-order valence-corrected chi connectivity index (χ0v) is 12.8. The van der Waals surface area contributed by atoms with Gasteiger partial charge in [-0.2, -0.15) is 0 Å². The summed E-state index contributed by atoms with van der Waals surface area (Å²) < 4.78 is 26.9. The number of hydrogen-bond donors (Lipinski definition) is 3. The molecule has 0 radical (unpaired) electrons. The Bertz CT molecular complexity index is 584. The van der Waals surface area contributed by atoms with E-state index in [4.69, 9.17) is 0 Å². The van der Waals surface area contributed by atoms with E-state index >= 15 is 0 Å². The zero-order chi connectivity index (χ0) is 15.4. The number of amides is 1. The minimum Gasteiger partial charge on any atom is -0.372 e. The Kier molecular flexibility index (Phi) is 5.07. The Morgan fingerprint density at radius 2 is 2.00 bits per heavy atom. The third-order valence-corrected chi connectivity index (χ3v) is 4.28. The Morgan fingerprint density at radius 1 is 1.35 bits per heavy atom. The van der Waals surface area contributed by atoms with Crippen LogP contribution >= 0.6 is 0 Å². The first-order valence-electron chi connectivity index (χ1n) is 6.09. The van der Waals surface area contributed by atoms with E-state index in [0.29, 0.717) is 0 Å². The molecule has 0 saturated heterocycles. The average Bonchev–Trinajstić information content (AvgIpc) is 2.44. The minimum absolute atomic E-state index is 0.00689. The van der Waals surface area contributed by atoms with E-state index in [1.54, 1.807) is 27.0 Å². The van der Waals surface area contributed by atoms with E-state index in [1.165, 1.54) is 19.3 Å². The van der Waals surface area contributed by atoms with Gasteiger partial charge in [0.25, 0.3) is 0 Å². The van der Waals surface area contributed by atoms with Crippen LogP contribution in [0.2, 0.25) is 0 Å². The van der Waals surface area contributed by atoms with Crippen LogP contribution in [0.15, 0.2) is 23.2 Å². The molecule has 0 spiro atoms. The fourth-order valence-corrected chi connectivity index (χ4v) is 2.94. The van der Waals surface area contributed by atoms with Gasteiger partial charge < -0.3 is 10.6 Å². The lowest BCUT2D eigenvalue weighted by atomic mass is 9.93. The molecule has 0 fully saturated rings. The standard InChI is InChI=1S/C12H20N4O3S/c1-12(2,11(17)14-4)8-16-20(18,19)9-6-5-7-15-10(9)13-3/h5-7,16H,8H2,1-4H3,(H,13,15)(H,14,17). The summed E-state index contributed by atoms with van der Waals surface area (Å²) in [6, 6.07) is 2.99. The van der Waals surface area contributed by atoms with Crippen LogP contribution in [0, 0.1) is 5.41 Å². The van der Waals surface area contributed by atoms with E-state index in [2.05, 4.69) is 20.3 Å². The number of anilines is 1. The largest absolute Gasteiger partial charge is 0.372 e. The molecule has 112 valence electrons. The molecule has 7 nitrogen and oxygen atoms in total. The van der Waals surface area contributed by atoms with Gasteiger partial charge in [-0.05, 0) is 26.0 Å². The molecule has 0 aromatic carbocycles. The number of sulfonamides is 1. The number of carbonyl (C=O) groups is 1. The van der Waals surface area contributed by atoms with Crippen molar-refractivity contribution < 1.29 is 13.2 Å². The van der Waals surface area contributed by atoms with Gasteiger partial charge in [0.1, 0.15) is 10.7 Å². The highest BCUT2D eigenvalue weighted by Crippen LogP contribution is 2.19. The number of hydrogen-bond acceptors (Lipinski definition) is 5. The van der Waals surface area contributed by atoms with Gasteiger partial charge in [0.15, 0.2) is 0 Å². The van der Waals surface area contributed by atoms with Gasteiger partial charge in [-0.3, -0.25) is 4.79 Å². The predicted molar refractivity (Wildman–Crippen MR) is 76.8 cm³/mol. The molecule has 0 aliphatic carbocycles. The minimum atomic E-state index is -3.73. The van der Waals surface area contributed by atoms with Crippen molar-refractivity contribution >= 4 is 21.7 Å². The molecule has 1 heterocycles. The lowest BCUT2D eigenvalue weighted by molar-refractivity contribution is -0.128. The van der Waals surface area contributed by atoms with Gasteiger partial charge in [-0.1, -0.05) is 0 Å². The van der Waals surface area contributed by atoms with Crippen molar-refractivity contribution in [2.24, 2.45) is 5.41 Å². The molecule has 20 heavy (non-hydrogen) atoms. The average molecular weight is 300 g/mol. The molecule has 1 amide bonds. The van der Waals surface area contributed by atoms with Crippen molar-refractivity contribution in [1.82, 2.24) is 15.0 Å². The van der Waals surface area contributed by atoms with E-state index < -0.39 is 15.4 Å². The van der Waals surface area contributed by atoms with Crippen LogP contribution in [0.25, 0.3) is 0 Å². The van der Waals surface area contributed by atoms with Crippen molar-refractivity contribution in [3.8, 4) is 0 Å². The third-order valence-electron chi connectivity index (χ3n) is 2.84. The highest BCUT2D eigenvalue weighted by Gasteiger charge is 2.29. The lowest BCUT2D eigenvalue weighted by Crippen LogP contribution is -2.43. The topological polar surface area (TPSA) is 100 Å². The smallest absolute Gasteiger partial charge is 0.244 e. The van der Waals surface area contributed by atoms with Crippen molar-refractivity contribution in [3.63, 3.8) is 0 Å². The Balaban J connectivity index is 2.94. The molecule has 0 aliphatic heterocycles. The molecule has 0 saturated carbocycles. The first-order valence-corrected chi connectivity index (χ1v) is 7.57. The third kappa shape index (κ3) is 3.67. The lowest BCUT2D eigenvalue weighted by Gasteiger charge is -2.23. The Morgan fingerprint density at radius 3 is 2.55 bits per heavy atom. The molecule has 3 N–H and O–H groups in total. The summed E-state index contributed by atoms with van der Waals surface area (Å²) in [4.78, 5) is 15.6. The predicted octanol–water partition coefficient (Wildman–Crippen LogP) is 0.174. The van der Waals surface area contributed by atoms with E-state index in [1.807, 2.05) is 0 Å². The van der Waals surface area contributed by atoms with Crippen LogP contribution in [0.4, 0.5) is 5.82 Å². The van der Waals surface area contributed by atoms with Crippen LogP contribution in [-0.4, -0.2) is 39.9 Å². The number of pyridine rings is 1. The maximum Gasteiger partial charge on any atom is 0.244 e. The van der Waals surface area contributed by atoms with Gasteiger partial charge in [0.2, 0.25) is 15.9 Å². The molecule has 8 heteroatoms. The number of nitrogens with one attached hydrogen (secondary N) is 3. The molecular weight excluding hydrogens is 280 g/mol. The summed E-state index contributed by atoms with van der Waals surface area (Å²) in [5, 5.41) is 5.23. The van der Waals surface area contributed by atoms with Gasteiger partial charge in [-0.25, -0.2) is 18.1 Å². The summed E-state index contributed by atoms with van der Waals surface area (Å²) in [5.74, 6) is 0.0259. The summed E-state index contributed by atoms with van der Waals surface area (Å²) >= 11 is 0. The van der Waals surface area contributed by atoms with E-state index in [0.717, 1.165) is 0 Å². The summed E-state index contributed by atoms with van der Waals surface area (Å²) in [6.45, 7) is 3.32. The van der Waals surface area contributed by atoms with Crippen LogP contribution < -0.4 is 15.4 Å². The molecule has 1 rings (SSSR count). The maximum absolute atomic E-state index is 12.2. The van der Waals surface area contributed by atoms with Gasteiger partial charge >= 0.3 is 0 Å². The number of aromatic nitrogens is 1. The van der Waals surface area contributed by atoms with Gasteiger partial charge in [0, 0.05) is 26.8 Å². The molecule has 1 aromatic rings. The van der Waals surface area contributed by atoms with Crippen molar-refractivity contribution in [3.05, 3.63) is 18.3 Å². The molecule has 0 aliphatic rings. The summed E-state index contributed by atoms with van der Waals surface area (Å²) in [7, 11) is -0.627. The highest BCUT2D eigenvalue weighted by atomic mass is 32.2. The first kappa shape index (κ1) is 16.4. The number of nitrogens with zero attached hydrogens (tertiary/aromatic N) is 1. The number of rotatable bonds is 6. The van der Waals surface area contributed by atoms with E-state index in [9.17, 15) is 13.2 Å². The van der Waals surface area contributed by atoms with E-state index in [-0.39, 0.29) is 23.2 Å². The van der Waals surface area contributed by atoms with Crippen LogP contribution in [0.1, 0.15) is 13.8 Å². The second kappa shape index (κ2) is 6.19. The normalized spacial score (nSPS) is 12.0. The van der Waals surface area contributed by atoms with Crippen molar-refractivity contribution in [2.45, 2.75) is 18.7 Å². The molecule has 0 atom stereocenters. The quantitative estimate of drug-likeness (QED) is 0.695. The molecular formula is C12H20N4O3S. The van der Waals surface area contributed by atoms with Crippen LogP contribution in [0.3, 0.4) is 0 Å². The SMILES string of the molecule is CNC(=O)C(C)(C)CNS(=O)(=O)c1cccnc1NC. The zero-order valence-electron chi connectivity index (χ0n) is 12.0. The van der Waals surface area contributed by atoms with Crippen LogP contribution in [-0.2, 0) is 14.8 Å². The molecule has 0 bridgehead atoms. The molecule has 0 unspecified atom stereocenters. The van der Waals surface area contributed by atoms with Crippen molar-refractivity contribution in [1.29, 1.82) is 0 Å². The summed E-state index contributed by atoms with van der Waals surface area (Å²) in [6.07, 6.45) is 1.50. The van der Waals surface area contributed by atoms with Gasteiger partial charge in [-0.15, -0.1) is 0 Å². The van der Waals surface area contributed by atoms with Gasteiger partial charge in [0.05, 0.1) is 5.41 Å².